The fourth-order valence-electron chi connectivity index (χ4n) is 2.11. The highest BCUT2D eigenvalue weighted by atomic mass is 32.2. The first-order valence-corrected chi connectivity index (χ1v) is 9.66. The third-order valence-corrected chi connectivity index (χ3v) is 5.26. The lowest BCUT2D eigenvalue weighted by Crippen LogP contribution is -2.39. The highest BCUT2D eigenvalue weighted by Gasteiger charge is 2.13. The molecule has 0 aliphatic carbocycles. The van der Waals surface area contributed by atoms with E-state index in [9.17, 15) is 8.42 Å². The van der Waals surface area contributed by atoms with Crippen LogP contribution in [0.4, 0.5) is 0 Å². The quantitative estimate of drug-likeness (QED) is 0.488. The third-order valence-electron chi connectivity index (χ3n) is 3.55. The molecule has 0 saturated heterocycles. The summed E-state index contributed by atoms with van der Waals surface area (Å²) in [6.45, 7) is 2.38. The van der Waals surface area contributed by atoms with Crippen LogP contribution in [0, 0.1) is 0 Å². The summed E-state index contributed by atoms with van der Waals surface area (Å²) in [5.41, 5.74) is 0.902. The van der Waals surface area contributed by atoms with Crippen molar-refractivity contribution in [2.45, 2.75) is 13.5 Å². The van der Waals surface area contributed by atoms with Gasteiger partial charge in [-0.1, -0.05) is 6.92 Å². The molecule has 2 N–H and O–H groups in total. The molecule has 0 atom stereocenters. The maximum absolute atomic E-state index is 11.5. The zero-order valence-corrected chi connectivity index (χ0v) is 16.2. The Morgan fingerprint density at radius 3 is 2.12 bits per heavy atom. The fourth-order valence-corrected chi connectivity index (χ4v) is 2.81. The summed E-state index contributed by atoms with van der Waals surface area (Å²) in [5, 5.41) is 6.10. The summed E-state index contributed by atoms with van der Waals surface area (Å²) in [7, 11) is 3.28. The maximum atomic E-state index is 11.5. The Labute approximate surface area is 149 Å². The van der Waals surface area contributed by atoms with Gasteiger partial charge in [-0.25, -0.2) is 8.42 Å². The number of rotatable bonds is 9. The van der Waals surface area contributed by atoms with Gasteiger partial charge >= 0.3 is 0 Å². The van der Waals surface area contributed by atoms with Gasteiger partial charge in [-0.15, -0.1) is 0 Å². The molecule has 142 valence electrons. The average molecular weight is 373 g/mol. The molecule has 0 unspecified atom stereocenters. The summed E-state index contributed by atoms with van der Waals surface area (Å²) >= 11 is 0. The van der Waals surface area contributed by atoms with Crippen molar-refractivity contribution in [2.24, 2.45) is 4.99 Å². The Bertz CT molecular complexity index is 664. The molecule has 0 saturated carbocycles. The van der Waals surface area contributed by atoms with Gasteiger partial charge in [0, 0.05) is 25.9 Å². The SMILES string of the molecule is CCS(=O)(=O)CCNC(=NC)NCc1cc(OC)c(OC)c(OC)c1. The van der Waals surface area contributed by atoms with Crippen LogP contribution in [0.1, 0.15) is 12.5 Å². The number of hydrogen-bond acceptors (Lipinski definition) is 6. The summed E-state index contributed by atoms with van der Waals surface area (Å²) in [4.78, 5) is 4.08. The van der Waals surface area contributed by atoms with Crippen LogP contribution in [0.15, 0.2) is 17.1 Å². The molecule has 1 aromatic rings. The molecule has 0 fully saturated rings. The van der Waals surface area contributed by atoms with E-state index in [2.05, 4.69) is 15.6 Å². The van der Waals surface area contributed by atoms with Crippen molar-refractivity contribution in [1.29, 1.82) is 0 Å². The first-order chi connectivity index (χ1) is 11.9. The highest BCUT2D eigenvalue weighted by molar-refractivity contribution is 7.91. The Morgan fingerprint density at radius 1 is 1.08 bits per heavy atom. The maximum Gasteiger partial charge on any atom is 0.203 e. The molecule has 0 amide bonds. The van der Waals surface area contributed by atoms with Crippen LogP contribution in [0.2, 0.25) is 0 Å². The number of aliphatic imine (C=N–C) groups is 1. The number of guanidine groups is 1. The first kappa shape index (κ1) is 20.9. The molecule has 0 spiro atoms. The van der Waals surface area contributed by atoms with Gasteiger partial charge < -0.3 is 24.8 Å². The van der Waals surface area contributed by atoms with Gasteiger partial charge in [0.15, 0.2) is 27.3 Å². The largest absolute Gasteiger partial charge is 0.493 e. The van der Waals surface area contributed by atoms with Crippen LogP contribution in [0.5, 0.6) is 17.2 Å². The van der Waals surface area contributed by atoms with E-state index in [1.807, 2.05) is 12.1 Å². The number of nitrogens with zero attached hydrogens (tertiary/aromatic N) is 1. The fraction of sp³-hybridized carbons (Fsp3) is 0.562. The second-order valence-corrected chi connectivity index (χ2v) is 7.60. The van der Waals surface area contributed by atoms with E-state index in [0.29, 0.717) is 36.3 Å². The van der Waals surface area contributed by atoms with Gasteiger partial charge in [-0.05, 0) is 17.7 Å². The topological polar surface area (TPSA) is 98.3 Å². The monoisotopic (exact) mass is 373 g/mol. The second-order valence-electron chi connectivity index (χ2n) is 5.12. The molecule has 0 radical (unpaired) electrons. The van der Waals surface area contributed by atoms with Gasteiger partial charge in [-0.3, -0.25) is 4.99 Å². The molecular formula is C16H27N3O5S. The van der Waals surface area contributed by atoms with E-state index in [4.69, 9.17) is 14.2 Å². The van der Waals surface area contributed by atoms with Crippen LogP contribution in [0.25, 0.3) is 0 Å². The molecular weight excluding hydrogens is 346 g/mol. The van der Waals surface area contributed by atoms with Gasteiger partial charge in [0.2, 0.25) is 5.75 Å². The molecule has 25 heavy (non-hydrogen) atoms. The van der Waals surface area contributed by atoms with Gasteiger partial charge in [0.25, 0.3) is 0 Å². The van der Waals surface area contributed by atoms with Gasteiger partial charge in [-0.2, -0.15) is 0 Å². The molecule has 0 aliphatic rings. The molecule has 0 bridgehead atoms. The standard InChI is InChI=1S/C16H27N3O5S/c1-6-25(20,21)8-7-18-16(17-2)19-11-12-9-13(22-3)15(24-5)14(10-12)23-4/h9-10H,6-8,11H2,1-5H3,(H2,17,18,19). The number of hydrogen-bond donors (Lipinski definition) is 2. The van der Waals surface area contributed by atoms with Crippen LogP contribution in [-0.2, 0) is 16.4 Å². The van der Waals surface area contributed by atoms with Crippen molar-refractivity contribution in [2.75, 3.05) is 46.4 Å². The number of nitrogens with one attached hydrogen (secondary N) is 2. The van der Waals surface area contributed by atoms with Crippen LogP contribution < -0.4 is 24.8 Å². The normalized spacial score (nSPS) is 11.8. The molecule has 1 rings (SSSR count). The number of methoxy groups -OCH3 is 3. The van der Waals surface area contributed by atoms with Crippen molar-refractivity contribution < 1.29 is 22.6 Å². The van der Waals surface area contributed by atoms with E-state index < -0.39 is 9.84 Å². The summed E-state index contributed by atoms with van der Waals surface area (Å²) in [6.07, 6.45) is 0. The van der Waals surface area contributed by atoms with Crippen molar-refractivity contribution in [3.63, 3.8) is 0 Å². The molecule has 0 heterocycles. The summed E-state index contributed by atoms with van der Waals surface area (Å²) in [6, 6.07) is 3.67. The Balaban J connectivity index is 2.72. The molecule has 9 heteroatoms. The smallest absolute Gasteiger partial charge is 0.203 e. The van der Waals surface area contributed by atoms with E-state index in [-0.39, 0.29) is 11.5 Å². The zero-order valence-electron chi connectivity index (χ0n) is 15.4. The lowest BCUT2D eigenvalue weighted by molar-refractivity contribution is 0.323. The molecule has 0 aliphatic heterocycles. The Kier molecular flexibility index (Phi) is 8.33. The average Bonchev–Trinajstić information content (AvgIpc) is 2.63. The third kappa shape index (κ3) is 6.33. The predicted molar refractivity (Wildman–Crippen MR) is 98.6 cm³/mol. The lowest BCUT2D eigenvalue weighted by atomic mass is 10.2. The zero-order chi connectivity index (χ0) is 18.9. The van der Waals surface area contributed by atoms with Crippen molar-refractivity contribution in [1.82, 2.24) is 10.6 Å². The molecule has 8 nitrogen and oxygen atoms in total. The van der Waals surface area contributed by atoms with Gasteiger partial charge in [0.1, 0.15) is 0 Å². The highest BCUT2D eigenvalue weighted by Crippen LogP contribution is 2.38. The Hall–Kier alpha value is -2.16. The van der Waals surface area contributed by atoms with Crippen LogP contribution in [-0.4, -0.2) is 60.8 Å². The van der Waals surface area contributed by atoms with Crippen molar-refractivity contribution in [3.05, 3.63) is 17.7 Å². The van der Waals surface area contributed by atoms with Crippen molar-refractivity contribution >= 4 is 15.8 Å². The van der Waals surface area contributed by atoms with E-state index in [1.165, 1.54) is 0 Å². The number of ether oxygens (including phenoxy) is 3. The van der Waals surface area contributed by atoms with Gasteiger partial charge in [0.05, 0.1) is 27.1 Å². The number of benzene rings is 1. The predicted octanol–water partition coefficient (Wildman–Crippen LogP) is 0.812. The lowest BCUT2D eigenvalue weighted by Gasteiger charge is -2.16. The summed E-state index contributed by atoms with van der Waals surface area (Å²) in [5.74, 6) is 2.37. The minimum absolute atomic E-state index is 0.0639. The minimum atomic E-state index is -3.01. The van der Waals surface area contributed by atoms with Crippen LogP contribution in [0.3, 0.4) is 0 Å². The second kappa shape index (κ2) is 9.97. The van der Waals surface area contributed by atoms with E-state index in [0.717, 1.165) is 5.56 Å². The molecule has 1 aromatic carbocycles. The summed E-state index contributed by atoms with van der Waals surface area (Å²) < 4.78 is 39.0. The van der Waals surface area contributed by atoms with E-state index >= 15 is 0 Å². The Morgan fingerprint density at radius 2 is 1.68 bits per heavy atom. The molecule has 0 aromatic heterocycles. The first-order valence-electron chi connectivity index (χ1n) is 7.84. The van der Waals surface area contributed by atoms with E-state index in [1.54, 1.807) is 35.3 Å². The number of sulfone groups is 1. The van der Waals surface area contributed by atoms with Crippen molar-refractivity contribution in [3.8, 4) is 17.2 Å². The minimum Gasteiger partial charge on any atom is -0.493 e. The van der Waals surface area contributed by atoms with Crippen LogP contribution >= 0.6 is 0 Å².